The van der Waals surface area contributed by atoms with Crippen LogP contribution in [0.2, 0.25) is 5.02 Å². The summed E-state index contributed by atoms with van der Waals surface area (Å²) in [7, 11) is -4.00. The van der Waals surface area contributed by atoms with Crippen molar-refractivity contribution in [1.29, 1.82) is 0 Å². The molecule has 31 heavy (non-hydrogen) atoms. The summed E-state index contributed by atoms with van der Waals surface area (Å²) in [4.78, 5) is 12.2. The van der Waals surface area contributed by atoms with E-state index in [0.717, 1.165) is 24.3 Å². The zero-order chi connectivity index (χ0) is 22.8. The summed E-state index contributed by atoms with van der Waals surface area (Å²) in [6, 6.07) is 13.5. The number of hydrogen-bond donors (Lipinski definition) is 3. The number of carbonyl (C=O) groups is 1. The predicted octanol–water partition coefficient (Wildman–Crippen LogP) is 5.32. The van der Waals surface area contributed by atoms with Crippen LogP contribution < -0.4 is 15.8 Å². The number of nitrogens with one attached hydrogen (secondary N) is 2. The third kappa shape index (κ3) is 5.75. The first kappa shape index (κ1) is 22.6. The van der Waals surface area contributed by atoms with Crippen LogP contribution in [-0.2, 0) is 16.2 Å². The van der Waals surface area contributed by atoms with Crippen LogP contribution in [0.25, 0.3) is 11.1 Å². The Hall–Kier alpha value is -3.08. The number of sulfonamides is 1. The topological polar surface area (TPSA) is 101 Å². The van der Waals surface area contributed by atoms with Gasteiger partial charge in [0.25, 0.3) is 0 Å². The summed E-state index contributed by atoms with van der Waals surface area (Å²) >= 11 is 5.89. The van der Waals surface area contributed by atoms with Crippen molar-refractivity contribution in [3.8, 4) is 11.1 Å². The maximum absolute atomic E-state index is 12.7. The van der Waals surface area contributed by atoms with Gasteiger partial charge in [-0.05, 0) is 60.2 Å². The molecule has 162 valence electrons. The van der Waals surface area contributed by atoms with Crippen molar-refractivity contribution >= 4 is 39.0 Å². The van der Waals surface area contributed by atoms with Crippen molar-refractivity contribution in [2.45, 2.75) is 11.1 Å². The van der Waals surface area contributed by atoms with E-state index in [2.05, 4.69) is 10.6 Å². The number of hydrogen-bond acceptors (Lipinski definition) is 3. The molecule has 0 bridgehead atoms. The van der Waals surface area contributed by atoms with Gasteiger partial charge >= 0.3 is 12.2 Å². The quantitative estimate of drug-likeness (QED) is 0.482. The van der Waals surface area contributed by atoms with E-state index in [-0.39, 0.29) is 16.3 Å². The number of amides is 2. The fraction of sp³-hybridized carbons (Fsp3) is 0.0500. The molecule has 2 amide bonds. The highest BCUT2D eigenvalue weighted by atomic mass is 35.5. The molecule has 0 spiro atoms. The second kappa shape index (κ2) is 8.58. The Kier molecular flexibility index (Phi) is 6.25. The second-order valence-corrected chi connectivity index (χ2v) is 8.41. The summed E-state index contributed by atoms with van der Waals surface area (Å²) in [6.45, 7) is 0. The average Bonchev–Trinajstić information content (AvgIpc) is 2.68. The molecule has 0 heterocycles. The number of rotatable bonds is 4. The van der Waals surface area contributed by atoms with Crippen LogP contribution in [0.3, 0.4) is 0 Å². The lowest BCUT2D eigenvalue weighted by atomic mass is 10.0. The van der Waals surface area contributed by atoms with E-state index >= 15 is 0 Å². The van der Waals surface area contributed by atoms with Gasteiger partial charge in [0.2, 0.25) is 10.0 Å². The van der Waals surface area contributed by atoms with Crippen molar-refractivity contribution in [1.82, 2.24) is 0 Å². The normalized spacial score (nSPS) is 11.8. The Labute approximate surface area is 180 Å². The number of halogens is 4. The van der Waals surface area contributed by atoms with Gasteiger partial charge in [0.05, 0.1) is 16.1 Å². The van der Waals surface area contributed by atoms with E-state index in [9.17, 15) is 26.4 Å². The van der Waals surface area contributed by atoms with Crippen molar-refractivity contribution < 1.29 is 26.4 Å². The van der Waals surface area contributed by atoms with Crippen LogP contribution in [0, 0.1) is 0 Å². The largest absolute Gasteiger partial charge is 0.416 e. The Morgan fingerprint density at radius 1 is 0.903 bits per heavy atom. The molecule has 0 aromatic heterocycles. The van der Waals surface area contributed by atoms with E-state index in [1.807, 2.05) is 0 Å². The molecule has 0 aliphatic rings. The molecule has 3 aromatic rings. The maximum atomic E-state index is 12.7. The maximum Gasteiger partial charge on any atom is 0.416 e. The molecule has 0 unspecified atom stereocenters. The molecule has 4 N–H and O–H groups in total. The number of carbonyl (C=O) groups excluding carboxylic acids is 1. The van der Waals surface area contributed by atoms with Crippen molar-refractivity contribution in [3.63, 3.8) is 0 Å². The van der Waals surface area contributed by atoms with Crippen LogP contribution >= 0.6 is 11.6 Å². The molecule has 0 aliphatic heterocycles. The molecule has 3 rings (SSSR count). The van der Waals surface area contributed by atoms with Gasteiger partial charge in [-0.3, -0.25) is 0 Å². The lowest BCUT2D eigenvalue weighted by molar-refractivity contribution is -0.137. The number of benzene rings is 3. The van der Waals surface area contributed by atoms with E-state index in [1.54, 1.807) is 24.3 Å². The fourth-order valence-corrected chi connectivity index (χ4v) is 3.37. The number of urea groups is 1. The van der Waals surface area contributed by atoms with E-state index in [1.165, 1.54) is 18.2 Å². The smallest absolute Gasteiger partial charge is 0.308 e. The molecule has 0 fully saturated rings. The zero-order valence-electron chi connectivity index (χ0n) is 15.6. The minimum absolute atomic E-state index is 0.139. The van der Waals surface area contributed by atoms with Gasteiger partial charge in [-0.2, -0.15) is 13.2 Å². The number of anilines is 2. The van der Waals surface area contributed by atoms with Crippen molar-refractivity contribution in [2.75, 3.05) is 10.6 Å². The molecular weight excluding hydrogens is 455 g/mol. The highest BCUT2D eigenvalue weighted by Gasteiger charge is 2.30. The first-order valence-electron chi connectivity index (χ1n) is 8.61. The van der Waals surface area contributed by atoms with Gasteiger partial charge in [-0.15, -0.1) is 0 Å². The molecule has 0 saturated heterocycles. The molecule has 6 nitrogen and oxygen atoms in total. The van der Waals surface area contributed by atoms with Gasteiger partial charge in [0.1, 0.15) is 0 Å². The minimum atomic E-state index is -4.49. The Bertz CT molecular complexity index is 1210. The zero-order valence-corrected chi connectivity index (χ0v) is 17.1. The second-order valence-electron chi connectivity index (χ2n) is 6.41. The average molecular weight is 470 g/mol. The van der Waals surface area contributed by atoms with Gasteiger partial charge < -0.3 is 10.6 Å². The number of primary sulfonamides is 1. The third-order valence-corrected chi connectivity index (χ3v) is 5.36. The third-order valence-electron chi connectivity index (χ3n) is 4.19. The summed E-state index contributed by atoms with van der Waals surface area (Å²) < 4.78 is 61.4. The predicted molar refractivity (Wildman–Crippen MR) is 112 cm³/mol. The fourth-order valence-electron chi connectivity index (χ4n) is 2.70. The van der Waals surface area contributed by atoms with Gasteiger partial charge in [-0.1, -0.05) is 23.7 Å². The van der Waals surface area contributed by atoms with Crippen LogP contribution in [0.15, 0.2) is 71.6 Å². The van der Waals surface area contributed by atoms with Gasteiger partial charge in [0.15, 0.2) is 0 Å². The molecule has 0 radical (unpaired) electrons. The summed E-state index contributed by atoms with van der Waals surface area (Å²) in [5, 5.41) is 10.6. The van der Waals surface area contributed by atoms with E-state index in [0.29, 0.717) is 16.1 Å². The van der Waals surface area contributed by atoms with Crippen LogP contribution in [0.4, 0.5) is 29.3 Å². The lowest BCUT2D eigenvalue weighted by Crippen LogP contribution is -2.20. The highest BCUT2D eigenvalue weighted by Crippen LogP contribution is 2.32. The van der Waals surface area contributed by atoms with Crippen LogP contribution in [0.5, 0.6) is 0 Å². The Morgan fingerprint density at radius 3 is 2.06 bits per heavy atom. The molecular formula is C20H15ClF3N3O3S. The summed E-state index contributed by atoms with van der Waals surface area (Å²) in [5.41, 5.74) is 0.450. The highest BCUT2D eigenvalue weighted by molar-refractivity contribution is 7.89. The number of alkyl halides is 3. The van der Waals surface area contributed by atoms with Crippen molar-refractivity contribution in [3.05, 3.63) is 77.3 Å². The first-order valence-corrected chi connectivity index (χ1v) is 10.5. The minimum Gasteiger partial charge on any atom is -0.308 e. The van der Waals surface area contributed by atoms with Crippen LogP contribution in [0.1, 0.15) is 5.56 Å². The standard InChI is InChI=1S/C20H15ClF3N3O3S/c21-14-5-1-12(2-6-14)17-11-16(31(25,29)30)9-10-18(17)27-19(28)26-15-7-3-13(4-8-15)20(22,23)24/h1-11H,(H2,25,29,30)(H2,26,27,28). The number of nitrogens with two attached hydrogens (primary N) is 1. The SMILES string of the molecule is NS(=O)(=O)c1ccc(NC(=O)Nc2ccc(C(F)(F)F)cc2)c(-c2ccc(Cl)cc2)c1. The van der Waals surface area contributed by atoms with E-state index < -0.39 is 27.8 Å². The molecule has 0 aliphatic carbocycles. The molecule has 0 atom stereocenters. The van der Waals surface area contributed by atoms with Crippen LogP contribution in [-0.4, -0.2) is 14.4 Å². The summed E-state index contributed by atoms with van der Waals surface area (Å²) in [6.07, 6.45) is -4.49. The van der Waals surface area contributed by atoms with Gasteiger partial charge in [-0.25, -0.2) is 18.4 Å². The van der Waals surface area contributed by atoms with E-state index in [4.69, 9.17) is 16.7 Å². The Balaban J connectivity index is 1.88. The van der Waals surface area contributed by atoms with Gasteiger partial charge in [0, 0.05) is 16.3 Å². The molecule has 0 saturated carbocycles. The van der Waals surface area contributed by atoms with Crippen molar-refractivity contribution in [2.24, 2.45) is 5.14 Å². The monoisotopic (exact) mass is 469 g/mol. The Morgan fingerprint density at radius 2 is 1.52 bits per heavy atom. The lowest BCUT2D eigenvalue weighted by Gasteiger charge is -2.14. The molecule has 11 heteroatoms. The molecule has 3 aromatic carbocycles. The first-order chi connectivity index (χ1) is 14.4. The summed E-state index contributed by atoms with van der Waals surface area (Å²) in [5.74, 6) is 0.